The van der Waals surface area contributed by atoms with Crippen molar-refractivity contribution in [3.63, 3.8) is 0 Å². The van der Waals surface area contributed by atoms with Crippen LogP contribution in [0.5, 0.6) is 0 Å². The molecule has 66 valence electrons. The fourth-order valence-corrected chi connectivity index (χ4v) is 1.25. The summed E-state index contributed by atoms with van der Waals surface area (Å²) in [7, 11) is 2.04. The quantitative estimate of drug-likeness (QED) is 0.575. The van der Waals surface area contributed by atoms with Gasteiger partial charge in [0, 0.05) is 19.6 Å². The van der Waals surface area contributed by atoms with Gasteiger partial charge in [0.15, 0.2) is 0 Å². The molecule has 0 bridgehead atoms. The van der Waals surface area contributed by atoms with Crippen LogP contribution >= 0.6 is 0 Å². The molecule has 0 spiro atoms. The van der Waals surface area contributed by atoms with Gasteiger partial charge in [-0.1, -0.05) is 0 Å². The summed E-state index contributed by atoms with van der Waals surface area (Å²) in [6.07, 6.45) is 2.38. The average Bonchev–Trinajstić information content (AvgIpc) is 2.71. The van der Waals surface area contributed by atoms with Crippen LogP contribution < -0.4 is 5.73 Å². The summed E-state index contributed by atoms with van der Waals surface area (Å²) in [5.41, 5.74) is 5.29. The van der Waals surface area contributed by atoms with Crippen molar-refractivity contribution in [2.24, 2.45) is 11.7 Å². The Morgan fingerprint density at radius 1 is 1.64 bits per heavy atom. The zero-order valence-electron chi connectivity index (χ0n) is 7.16. The van der Waals surface area contributed by atoms with Gasteiger partial charge in [0.25, 0.3) is 0 Å². The highest BCUT2D eigenvalue weighted by Gasteiger charge is 2.23. The van der Waals surface area contributed by atoms with Gasteiger partial charge in [-0.25, -0.2) is 0 Å². The van der Waals surface area contributed by atoms with Crippen LogP contribution in [-0.2, 0) is 0 Å². The second-order valence-electron chi connectivity index (χ2n) is 3.55. The van der Waals surface area contributed by atoms with Crippen LogP contribution in [0.4, 0.5) is 0 Å². The van der Waals surface area contributed by atoms with Crippen molar-refractivity contribution in [3.8, 4) is 0 Å². The number of rotatable bonds is 5. The molecule has 11 heavy (non-hydrogen) atoms. The molecule has 1 fully saturated rings. The molecule has 1 atom stereocenters. The zero-order chi connectivity index (χ0) is 8.27. The standard InChI is InChI=1S/C8H18N2O/c1-10(5-7-2-3-7)6-8(11)4-9/h7-8,11H,2-6,9H2,1H3. The SMILES string of the molecule is CN(CC(O)CN)CC1CC1. The molecule has 1 aliphatic carbocycles. The van der Waals surface area contributed by atoms with Crippen molar-refractivity contribution >= 4 is 0 Å². The first kappa shape index (κ1) is 8.97. The maximum atomic E-state index is 9.19. The summed E-state index contributed by atoms with van der Waals surface area (Å²) in [4.78, 5) is 2.16. The molecular formula is C8H18N2O. The van der Waals surface area contributed by atoms with E-state index < -0.39 is 0 Å². The van der Waals surface area contributed by atoms with E-state index >= 15 is 0 Å². The Labute approximate surface area is 68.2 Å². The van der Waals surface area contributed by atoms with Gasteiger partial charge in [0.1, 0.15) is 0 Å². The summed E-state index contributed by atoms with van der Waals surface area (Å²) in [5.74, 6) is 0.893. The largest absolute Gasteiger partial charge is 0.390 e. The maximum Gasteiger partial charge on any atom is 0.0788 e. The summed E-state index contributed by atoms with van der Waals surface area (Å²) in [5, 5.41) is 9.19. The molecule has 1 aliphatic rings. The molecule has 0 aromatic carbocycles. The Morgan fingerprint density at radius 2 is 2.27 bits per heavy atom. The third-order valence-corrected chi connectivity index (χ3v) is 2.06. The van der Waals surface area contributed by atoms with Gasteiger partial charge >= 0.3 is 0 Å². The second kappa shape index (κ2) is 4.04. The highest BCUT2D eigenvalue weighted by molar-refractivity contribution is 4.76. The summed E-state index contributed by atoms with van der Waals surface area (Å²) < 4.78 is 0. The topological polar surface area (TPSA) is 49.5 Å². The predicted molar refractivity (Wildman–Crippen MR) is 45.3 cm³/mol. The molecule has 1 rings (SSSR count). The minimum absolute atomic E-state index is 0.348. The second-order valence-corrected chi connectivity index (χ2v) is 3.55. The number of hydrogen-bond acceptors (Lipinski definition) is 3. The zero-order valence-corrected chi connectivity index (χ0v) is 7.16. The lowest BCUT2D eigenvalue weighted by Crippen LogP contribution is -2.35. The number of nitrogens with zero attached hydrogens (tertiary/aromatic N) is 1. The third-order valence-electron chi connectivity index (χ3n) is 2.06. The molecule has 1 unspecified atom stereocenters. The predicted octanol–water partition coefficient (Wildman–Crippen LogP) is -0.352. The van der Waals surface area contributed by atoms with Gasteiger partial charge in [0.2, 0.25) is 0 Å². The van der Waals surface area contributed by atoms with Crippen LogP contribution in [0, 0.1) is 5.92 Å². The summed E-state index contributed by atoms with van der Waals surface area (Å²) in [6.45, 7) is 2.21. The Kier molecular flexibility index (Phi) is 3.30. The van der Waals surface area contributed by atoms with Crippen molar-refractivity contribution < 1.29 is 5.11 Å². The van der Waals surface area contributed by atoms with Gasteiger partial charge < -0.3 is 15.7 Å². The van der Waals surface area contributed by atoms with E-state index in [9.17, 15) is 5.11 Å². The van der Waals surface area contributed by atoms with Gasteiger partial charge in [-0.3, -0.25) is 0 Å². The fourth-order valence-electron chi connectivity index (χ4n) is 1.25. The molecule has 1 saturated carbocycles. The molecule has 0 heterocycles. The van der Waals surface area contributed by atoms with E-state index in [4.69, 9.17) is 5.73 Å². The van der Waals surface area contributed by atoms with Gasteiger partial charge in [0.05, 0.1) is 6.10 Å². The van der Waals surface area contributed by atoms with E-state index in [1.165, 1.54) is 12.8 Å². The monoisotopic (exact) mass is 158 g/mol. The van der Waals surface area contributed by atoms with Crippen LogP contribution in [0.25, 0.3) is 0 Å². The number of aliphatic hydroxyl groups excluding tert-OH is 1. The normalized spacial score (nSPS) is 20.7. The Hall–Kier alpha value is -0.120. The van der Waals surface area contributed by atoms with Crippen LogP contribution in [0.15, 0.2) is 0 Å². The van der Waals surface area contributed by atoms with Crippen LogP contribution in [0.1, 0.15) is 12.8 Å². The maximum absolute atomic E-state index is 9.19. The first-order chi connectivity index (χ1) is 5.22. The van der Waals surface area contributed by atoms with Crippen molar-refractivity contribution in [3.05, 3.63) is 0 Å². The lowest BCUT2D eigenvalue weighted by Gasteiger charge is -2.18. The number of nitrogens with two attached hydrogens (primary N) is 1. The number of likely N-dealkylation sites (N-methyl/N-ethyl adjacent to an activating group) is 1. The molecule has 0 aromatic heterocycles. The molecule has 0 radical (unpaired) electrons. The van der Waals surface area contributed by atoms with Crippen LogP contribution in [0.2, 0.25) is 0 Å². The van der Waals surface area contributed by atoms with E-state index in [0.717, 1.165) is 12.5 Å². The molecule has 0 amide bonds. The first-order valence-corrected chi connectivity index (χ1v) is 4.29. The van der Waals surface area contributed by atoms with Crippen LogP contribution in [0.3, 0.4) is 0 Å². The highest BCUT2D eigenvalue weighted by Crippen LogP contribution is 2.29. The molecule has 3 nitrogen and oxygen atoms in total. The van der Waals surface area contributed by atoms with E-state index in [0.29, 0.717) is 13.1 Å². The first-order valence-electron chi connectivity index (χ1n) is 4.29. The molecular weight excluding hydrogens is 140 g/mol. The number of hydrogen-bond donors (Lipinski definition) is 2. The van der Waals surface area contributed by atoms with E-state index in [2.05, 4.69) is 4.90 Å². The summed E-state index contributed by atoms with van der Waals surface area (Å²) in [6, 6.07) is 0. The minimum atomic E-state index is -0.348. The highest BCUT2D eigenvalue weighted by atomic mass is 16.3. The molecule has 3 N–H and O–H groups in total. The smallest absolute Gasteiger partial charge is 0.0788 e. The van der Waals surface area contributed by atoms with E-state index in [1.807, 2.05) is 7.05 Å². The summed E-state index contributed by atoms with van der Waals surface area (Å²) >= 11 is 0. The van der Waals surface area contributed by atoms with Gasteiger partial charge in [-0.2, -0.15) is 0 Å². The molecule has 0 saturated heterocycles. The van der Waals surface area contributed by atoms with Gasteiger partial charge in [-0.05, 0) is 25.8 Å². The van der Waals surface area contributed by atoms with E-state index in [1.54, 1.807) is 0 Å². The molecule has 0 aromatic rings. The molecule has 3 heteroatoms. The van der Waals surface area contributed by atoms with Gasteiger partial charge in [-0.15, -0.1) is 0 Å². The van der Waals surface area contributed by atoms with Crippen molar-refractivity contribution in [2.45, 2.75) is 18.9 Å². The minimum Gasteiger partial charge on any atom is -0.390 e. The van der Waals surface area contributed by atoms with Crippen LogP contribution in [-0.4, -0.2) is 42.8 Å². The molecule has 0 aliphatic heterocycles. The Bertz CT molecular complexity index is 115. The Balaban J connectivity index is 2.03. The fraction of sp³-hybridized carbons (Fsp3) is 1.00. The lowest BCUT2D eigenvalue weighted by atomic mass is 10.3. The average molecular weight is 158 g/mol. The number of aliphatic hydroxyl groups is 1. The van der Waals surface area contributed by atoms with Crippen molar-refractivity contribution in [2.75, 3.05) is 26.7 Å². The van der Waals surface area contributed by atoms with Crippen molar-refractivity contribution in [1.82, 2.24) is 4.90 Å². The van der Waals surface area contributed by atoms with Crippen molar-refractivity contribution in [1.29, 1.82) is 0 Å². The van der Waals surface area contributed by atoms with E-state index in [-0.39, 0.29) is 6.10 Å². The Morgan fingerprint density at radius 3 is 2.73 bits per heavy atom. The lowest BCUT2D eigenvalue weighted by molar-refractivity contribution is 0.130. The third kappa shape index (κ3) is 3.70.